The van der Waals surface area contributed by atoms with Crippen LogP contribution in [0.3, 0.4) is 0 Å². The van der Waals surface area contributed by atoms with Crippen molar-refractivity contribution < 1.29 is 9.53 Å². The van der Waals surface area contributed by atoms with Gasteiger partial charge in [-0.05, 0) is 25.1 Å². The molecule has 0 fully saturated rings. The quantitative estimate of drug-likeness (QED) is 0.600. The number of carbonyl (C=O) groups is 1. The van der Waals surface area contributed by atoms with Gasteiger partial charge in [0.05, 0.1) is 24.5 Å². The predicted octanol–water partition coefficient (Wildman–Crippen LogP) is 2.42. The van der Waals surface area contributed by atoms with Crippen molar-refractivity contribution in [2.45, 2.75) is 30.6 Å². The van der Waals surface area contributed by atoms with Gasteiger partial charge in [-0.25, -0.2) is 9.67 Å². The van der Waals surface area contributed by atoms with E-state index in [4.69, 9.17) is 16.3 Å². The van der Waals surface area contributed by atoms with Crippen LogP contribution >= 0.6 is 23.4 Å². The summed E-state index contributed by atoms with van der Waals surface area (Å²) in [6.07, 6.45) is 1.73. The zero-order valence-electron chi connectivity index (χ0n) is 16.0. The van der Waals surface area contributed by atoms with Crippen LogP contribution in [-0.4, -0.2) is 50.8 Å². The van der Waals surface area contributed by atoms with Crippen molar-refractivity contribution >= 4 is 40.3 Å². The van der Waals surface area contributed by atoms with Crippen LogP contribution in [0.1, 0.15) is 19.4 Å². The Labute approximate surface area is 176 Å². The Bertz CT molecular complexity index is 1130. The number of rotatable bonds is 6. The second-order valence-corrected chi connectivity index (χ2v) is 8.36. The van der Waals surface area contributed by atoms with Gasteiger partial charge in [0.25, 0.3) is 5.56 Å². The highest BCUT2D eigenvalue weighted by molar-refractivity contribution is 7.99. The molecule has 8 nitrogen and oxygen atoms in total. The van der Waals surface area contributed by atoms with Crippen LogP contribution in [0.15, 0.2) is 40.4 Å². The molecular formula is C19H20ClN5O3S. The number of benzene rings is 1. The molecule has 4 rings (SSSR count). The first-order valence-electron chi connectivity index (χ1n) is 9.15. The van der Waals surface area contributed by atoms with Crippen LogP contribution in [0, 0.1) is 0 Å². The van der Waals surface area contributed by atoms with Gasteiger partial charge in [0.15, 0.2) is 10.8 Å². The summed E-state index contributed by atoms with van der Waals surface area (Å²) >= 11 is 7.55. The first-order chi connectivity index (χ1) is 14.0. The number of methoxy groups -OCH3 is 1. The molecule has 0 radical (unpaired) electrons. The number of hydrogen-bond donors (Lipinski definition) is 1. The molecule has 2 unspecified atom stereocenters. The third-order valence-corrected chi connectivity index (χ3v) is 6.00. The summed E-state index contributed by atoms with van der Waals surface area (Å²) in [5.41, 5.74) is 1.02. The van der Waals surface area contributed by atoms with E-state index in [-0.39, 0.29) is 30.0 Å². The number of aromatic nitrogens is 4. The molecule has 152 valence electrons. The van der Waals surface area contributed by atoms with E-state index in [1.54, 1.807) is 28.5 Å². The minimum Gasteiger partial charge on any atom is -0.383 e. The fraction of sp³-hybridized carbons (Fsp3) is 0.368. The largest absolute Gasteiger partial charge is 0.383 e. The third kappa shape index (κ3) is 3.90. The minimum atomic E-state index is -0.247. The normalized spacial score (nSPS) is 16.7. The summed E-state index contributed by atoms with van der Waals surface area (Å²) in [5, 5.41) is 8.80. The zero-order valence-corrected chi connectivity index (χ0v) is 17.5. The number of fused-ring (bicyclic) bond motifs is 2. The molecule has 3 heterocycles. The van der Waals surface area contributed by atoms with Gasteiger partial charge in [-0.3, -0.25) is 14.2 Å². The maximum absolute atomic E-state index is 13.1. The molecule has 2 atom stereocenters. The van der Waals surface area contributed by atoms with Crippen molar-refractivity contribution in [1.29, 1.82) is 0 Å². The molecule has 3 aromatic rings. The van der Waals surface area contributed by atoms with Gasteiger partial charge in [0.2, 0.25) is 5.91 Å². The number of ether oxygens (including phenoxy) is 1. The average molecular weight is 434 g/mol. The summed E-state index contributed by atoms with van der Waals surface area (Å²) in [5.74, 6) is 0.500. The van der Waals surface area contributed by atoms with E-state index in [1.165, 1.54) is 18.0 Å². The molecule has 0 saturated carbocycles. The van der Waals surface area contributed by atoms with Crippen LogP contribution < -0.4 is 10.9 Å². The van der Waals surface area contributed by atoms with E-state index in [2.05, 4.69) is 15.4 Å². The number of amides is 1. The van der Waals surface area contributed by atoms with Crippen LogP contribution in [-0.2, 0) is 9.53 Å². The van der Waals surface area contributed by atoms with Gasteiger partial charge in [0, 0.05) is 30.3 Å². The van der Waals surface area contributed by atoms with E-state index in [0.717, 1.165) is 5.69 Å². The maximum atomic E-state index is 13.1. The van der Waals surface area contributed by atoms with Crippen molar-refractivity contribution in [1.82, 2.24) is 24.6 Å². The SMILES string of the molecule is COCC(C)NC(=O)CC1CSc2nc3c(cnn3-c3cccc(Cl)c3)c(=O)n21. The minimum absolute atomic E-state index is 0.0886. The molecule has 1 aromatic carbocycles. The van der Waals surface area contributed by atoms with Gasteiger partial charge >= 0.3 is 0 Å². The Balaban J connectivity index is 1.65. The average Bonchev–Trinajstić information content (AvgIpc) is 3.27. The standard InChI is InChI=1S/C19H20ClN5O3S/c1-11(9-28-2)22-16(26)7-14-10-29-19-23-17-15(18(27)24(14)19)8-21-25(17)13-5-3-4-12(20)6-13/h3-6,8,11,14H,7,9-10H2,1-2H3,(H,22,26). The molecule has 0 saturated heterocycles. The highest BCUT2D eigenvalue weighted by Crippen LogP contribution is 2.33. The number of nitrogens with zero attached hydrogens (tertiary/aromatic N) is 4. The summed E-state index contributed by atoms with van der Waals surface area (Å²) < 4.78 is 8.26. The molecule has 0 aliphatic carbocycles. The number of nitrogens with one attached hydrogen (secondary N) is 1. The van der Waals surface area contributed by atoms with E-state index < -0.39 is 0 Å². The molecule has 29 heavy (non-hydrogen) atoms. The molecule has 1 N–H and O–H groups in total. The summed E-state index contributed by atoms with van der Waals surface area (Å²) in [4.78, 5) is 30.1. The van der Waals surface area contributed by atoms with Gasteiger partial charge < -0.3 is 10.1 Å². The fourth-order valence-corrected chi connectivity index (χ4v) is 4.73. The highest BCUT2D eigenvalue weighted by Gasteiger charge is 2.29. The van der Waals surface area contributed by atoms with Gasteiger partial charge in [-0.15, -0.1) is 0 Å². The van der Waals surface area contributed by atoms with Crippen LogP contribution in [0.5, 0.6) is 0 Å². The molecule has 2 aromatic heterocycles. The number of thioether (sulfide) groups is 1. The Morgan fingerprint density at radius 2 is 2.31 bits per heavy atom. The highest BCUT2D eigenvalue weighted by atomic mass is 35.5. The molecule has 1 aliphatic heterocycles. The topological polar surface area (TPSA) is 91.0 Å². The van der Waals surface area contributed by atoms with E-state index in [0.29, 0.717) is 33.6 Å². The van der Waals surface area contributed by atoms with Crippen molar-refractivity contribution in [3.8, 4) is 5.69 Å². The predicted molar refractivity (Wildman–Crippen MR) is 112 cm³/mol. The lowest BCUT2D eigenvalue weighted by atomic mass is 10.2. The number of halogens is 1. The fourth-order valence-electron chi connectivity index (χ4n) is 3.42. The Morgan fingerprint density at radius 1 is 1.48 bits per heavy atom. The Kier molecular flexibility index (Phi) is 5.62. The second-order valence-electron chi connectivity index (χ2n) is 6.94. The number of hydrogen-bond acceptors (Lipinski definition) is 6. The molecule has 0 bridgehead atoms. The van der Waals surface area contributed by atoms with Crippen molar-refractivity contribution in [2.24, 2.45) is 0 Å². The van der Waals surface area contributed by atoms with Gasteiger partial charge in [-0.1, -0.05) is 29.4 Å². The van der Waals surface area contributed by atoms with E-state index in [1.807, 2.05) is 19.1 Å². The number of carbonyl (C=O) groups excluding carboxylic acids is 1. The third-order valence-electron chi connectivity index (χ3n) is 4.67. The Hall–Kier alpha value is -2.36. The van der Waals surface area contributed by atoms with Gasteiger partial charge in [-0.2, -0.15) is 5.10 Å². The van der Waals surface area contributed by atoms with E-state index in [9.17, 15) is 9.59 Å². The van der Waals surface area contributed by atoms with E-state index >= 15 is 0 Å². The van der Waals surface area contributed by atoms with Crippen molar-refractivity contribution in [3.63, 3.8) is 0 Å². The molecular weight excluding hydrogens is 414 g/mol. The lowest BCUT2D eigenvalue weighted by molar-refractivity contribution is -0.122. The van der Waals surface area contributed by atoms with Crippen molar-refractivity contribution in [3.05, 3.63) is 45.8 Å². The smallest absolute Gasteiger partial charge is 0.265 e. The van der Waals surface area contributed by atoms with Crippen LogP contribution in [0.2, 0.25) is 5.02 Å². The first-order valence-corrected chi connectivity index (χ1v) is 10.5. The maximum Gasteiger partial charge on any atom is 0.265 e. The zero-order chi connectivity index (χ0) is 20.5. The first kappa shape index (κ1) is 19.9. The molecule has 0 spiro atoms. The summed E-state index contributed by atoms with van der Waals surface area (Å²) in [6.45, 7) is 2.31. The van der Waals surface area contributed by atoms with Crippen molar-refractivity contribution in [2.75, 3.05) is 19.5 Å². The van der Waals surface area contributed by atoms with Crippen LogP contribution in [0.4, 0.5) is 0 Å². The summed E-state index contributed by atoms with van der Waals surface area (Å²) in [7, 11) is 1.59. The Morgan fingerprint density at radius 3 is 3.07 bits per heavy atom. The lowest BCUT2D eigenvalue weighted by Crippen LogP contribution is -2.37. The van der Waals surface area contributed by atoms with Gasteiger partial charge in [0.1, 0.15) is 5.39 Å². The molecule has 1 aliphatic rings. The monoisotopic (exact) mass is 433 g/mol. The summed E-state index contributed by atoms with van der Waals surface area (Å²) in [6, 6.07) is 6.88. The molecule has 10 heteroatoms. The van der Waals surface area contributed by atoms with Crippen LogP contribution in [0.25, 0.3) is 16.7 Å². The lowest BCUT2D eigenvalue weighted by Gasteiger charge is -2.16. The molecule has 1 amide bonds. The second kappa shape index (κ2) is 8.17.